The van der Waals surface area contributed by atoms with Crippen molar-refractivity contribution in [1.29, 1.82) is 0 Å². The van der Waals surface area contributed by atoms with Gasteiger partial charge in [-0.05, 0) is 42.8 Å². The fraction of sp³-hybridized carbons (Fsp3) is 0.130. The van der Waals surface area contributed by atoms with Gasteiger partial charge in [0.25, 0.3) is 0 Å². The molecule has 4 rings (SSSR count). The Kier molecular flexibility index (Phi) is 5.36. The molecule has 0 radical (unpaired) electrons. The quantitative estimate of drug-likeness (QED) is 0.462. The molecule has 0 aliphatic carbocycles. The molecule has 8 nitrogen and oxygen atoms in total. The van der Waals surface area contributed by atoms with Crippen LogP contribution in [0.25, 0.3) is 22.6 Å². The number of carbonyl (C=O) groups excluding carboxylic acids is 2. The molecule has 0 saturated heterocycles. The second kappa shape index (κ2) is 8.27. The lowest BCUT2D eigenvalue weighted by molar-refractivity contribution is 0.0549. The molecule has 0 N–H and O–H groups in total. The number of hydrogen-bond donors (Lipinski definition) is 0. The third kappa shape index (κ3) is 3.59. The highest BCUT2D eigenvalue weighted by Gasteiger charge is 2.31. The van der Waals surface area contributed by atoms with Gasteiger partial charge in [-0.2, -0.15) is 10.2 Å². The Morgan fingerprint density at radius 3 is 2.26 bits per heavy atom. The van der Waals surface area contributed by atoms with Crippen LogP contribution >= 0.6 is 0 Å². The van der Waals surface area contributed by atoms with Crippen LogP contribution < -0.4 is 0 Å². The fourth-order valence-electron chi connectivity index (χ4n) is 3.42. The van der Waals surface area contributed by atoms with Crippen LogP contribution in [0.2, 0.25) is 0 Å². The summed E-state index contributed by atoms with van der Waals surface area (Å²) in [7, 11) is 2.52. The van der Waals surface area contributed by atoms with E-state index in [1.807, 2.05) is 55.6 Å². The number of rotatable bonds is 5. The molecular weight excluding hydrogens is 396 g/mol. The van der Waals surface area contributed by atoms with Crippen LogP contribution in [-0.4, -0.2) is 45.7 Å². The van der Waals surface area contributed by atoms with Gasteiger partial charge < -0.3 is 9.47 Å². The lowest BCUT2D eigenvalue weighted by Crippen LogP contribution is -2.15. The average molecular weight is 416 g/mol. The van der Waals surface area contributed by atoms with Crippen molar-refractivity contribution in [2.75, 3.05) is 14.2 Å². The summed E-state index contributed by atoms with van der Waals surface area (Å²) in [5, 5.41) is 8.88. The molecule has 0 bridgehead atoms. The van der Waals surface area contributed by atoms with E-state index in [1.165, 1.54) is 18.9 Å². The van der Waals surface area contributed by atoms with Gasteiger partial charge in [0.15, 0.2) is 5.69 Å². The summed E-state index contributed by atoms with van der Waals surface area (Å²) < 4.78 is 13.1. The van der Waals surface area contributed by atoms with Gasteiger partial charge in [0.2, 0.25) is 0 Å². The predicted octanol–water partition coefficient (Wildman–Crippen LogP) is 3.61. The molecule has 0 spiro atoms. The molecule has 156 valence electrons. The minimum absolute atomic E-state index is 0.00565. The van der Waals surface area contributed by atoms with Crippen LogP contribution in [0.4, 0.5) is 0 Å². The molecule has 0 amide bonds. The van der Waals surface area contributed by atoms with Gasteiger partial charge in [-0.1, -0.05) is 24.3 Å². The van der Waals surface area contributed by atoms with Crippen molar-refractivity contribution in [2.24, 2.45) is 0 Å². The number of hydrogen-bond acceptors (Lipinski definition) is 6. The second-order valence-electron chi connectivity index (χ2n) is 6.75. The van der Waals surface area contributed by atoms with Crippen LogP contribution in [0.1, 0.15) is 26.4 Å². The third-order valence-corrected chi connectivity index (χ3v) is 4.89. The Labute approximate surface area is 178 Å². The molecule has 2 aromatic heterocycles. The third-order valence-electron chi connectivity index (χ3n) is 4.89. The van der Waals surface area contributed by atoms with Crippen molar-refractivity contribution < 1.29 is 19.1 Å². The normalized spacial score (nSPS) is 10.7. The Hall–Kier alpha value is -4.20. The molecule has 8 heteroatoms. The predicted molar refractivity (Wildman–Crippen MR) is 114 cm³/mol. The van der Waals surface area contributed by atoms with Gasteiger partial charge in [-0.25, -0.2) is 19.0 Å². The maximum Gasteiger partial charge on any atom is 0.357 e. The molecule has 4 aromatic rings. The number of carbonyl (C=O) groups is 2. The molecule has 0 saturated carbocycles. The molecular formula is C23H20N4O4. The van der Waals surface area contributed by atoms with Gasteiger partial charge >= 0.3 is 11.9 Å². The van der Waals surface area contributed by atoms with Gasteiger partial charge in [-0.15, -0.1) is 0 Å². The lowest BCUT2D eigenvalue weighted by atomic mass is 10.0. The van der Waals surface area contributed by atoms with Crippen LogP contribution in [0.3, 0.4) is 0 Å². The first kappa shape index (κ1) is 20.1. The van der Waals surface area contributed by atoms with E-state index in [4.69, 9.17) is 9.47 Å². The molecule has 31 heavy (non-hydrogen) atoms. The van der Waals surface area contributed by atoms with Crippen LogP contribution in [0.5, 0.6) is 0 Å². The van der Waals surface area contributed by atoms with E-state index in [-0.39, 0.29) is 11.3 Å². The minimum atomic E-state index is -0.686. The number of para-hydroxylation sites is 1. The summed E-state index contributed by atoms with van der Waals surface area (Å²) in [5.41, 5.74) is 3.41. The monoisotopic (exact) mass is 416 g/mol. The van der Waals surface area contributed by atoms with Crippen LogP contribution in [0, 0.1) is 6.92 Å². The lowest BCUT2D eigenvalue weighted by Gasteiger charge is -2.09. The average Bonchev–Trinajstić information content (AvgIpc) is 3.47. The molecule has 0 unspecified atom stereocenters. The zero-order chi connectivity index (χ0) is 22.0. The maximum atomic E-state index is 12.8. The molecule has 0 aliphatic rings. The first-order valence-electron chi connectivity index (χ1n) is 9.51. The topological polar surface area (TPSA) is 88.2 Å². The summed E-state index contributed by atoms with van der Waals surface area (Å²) in [4.78, 5) is 25.4. The van der Waals surface area contributed by atoms with E-state index in [0.29, 0.717) is 16.9 Å². The minimum Gasteiger partial charge on any atom is -0.465 e. The van der Waals surface area contributed by atoms with Gasteiger partial charge in [-0.3, -0.25) is 0 Å². The van der Waals surface area contributed by atoms with Gasteiger partial charge in [0.1, 0.15) is 11.3 Å². The second-order valence-corrected chi connectivity index (χ2v) is 6.75. The van der Waals surface area contributed by atoms with E-state index in [9.17, 15) is 9.59 Å². The van der Waals surface area contributed by atoms with E-state index in [1.54, 1.807) is 23.0 Å². The molecule has 0 aliphatic heterocycles. The number of aryl methyl sites for hydroxylation is 1. The van der Waals surface area contributed by atoms with Crippen molar-refractivity contribution in [3.05, 3.63) is 83.8 Å². The fourth-order valence-corrected chi connectivity index (χ4v) is 3.42. The highest BCUT2D eigenvalue weighted by molar-refractivity contribution is 6.07. The smallest absolute Gasteiger partial charge is 0.357 e. The molecule has 0 atom stereocenters. The van der Waals surface area contributed by atoms with Gasteiger partial charge in [0.05, 0.1) is 25.6 Å². The Bertz CT molecular complexity index is 1240. The van der Waals surface area contributed by atoms with Crippen molar-refractivity contribution in [1.82, 2.24) is 19.6 Å². The van der Waals surface area contributed by atoms with E-state index >= 15 is 0 Å². The van der Waals surface area contributed by atoms with E-state index < -0.39 is 11.9 Å². The summed E-state index contributed by atoms with van der Waals surface area (Å²) in [6, 6.07) is 16.6. The first-order chi connectivity index (χ1) is 15.0. The standard InChI is InChI=1S/C23H20N4O4/c1-15-14-17(26-13-7-12-24-26)10-11-18(15)20-19(22(28)30-2)21(23(29)31-3)27(25-20)16-8-5-4-6-9-16/h4-14H,1-3H3. The molecule has 2 aromatic carbocycles. The summed E-state index contributed by atoms with van der Waals surface area (Å²) in [5.74, 6) is -1.36. The van der Waals surface area contributed by atoms with Crippen molar-refractivity contribution in [3.63, 3.8) is 0 Å². The van der Waals surface area contributed by atoms with Crippen molar-refractivity contribution >= 4 is 11.9 Å². The number of ether oxygens (including phenoxy) is 2. The molecule has 0 fully saturated rings. The SMILES string of the molecule is COC(=O)c1c(-c2ccc(-n3cccn3)cc2C)nn(-c2ccccc2)c1C(=O)OC. The number of esters is 2. The molecule has 2 heterocycles. The number of methoxy groups -OCH3 is 2. The highest BCUT2D eigenvalue weighted by Crippen LogP contribution is 2.32. The van der Waals surface area contributed by atoms with E-state index in [0.717, 1.165) is 11.3 Å². The van der Waals surface area contributed by atoms with Crippen molar-refractivity contribution in [3.8, 4) is 22.6 Å². The number of aromatic nitrogens is 4. The van der Waals surface area contributed by atoms with E-state index in [2.05, 4.69) is 10.2 Å². The summed E-state index contributed by atoms with van der Waals surface area (Å²) in [6.07, 6.45) is 3.54. The highest BCUT2D eigenvalue weighted by atomic mass is 16.5. The maximum absolute atomic E-state index is 12.8. The van der Waals surface area contributed by atoms with Crippen molar-refractivity contribution in [2.45, 2.75) is 6.92 Å². The first-order valence-corrected chi connectivity index (χ1v) is 9.51. The summed E-state index contributed by atoms with van der Waals surface area (Å²) >= 11 is 0. The Morgan fingerprint density at radius 2 is 1.65 bits per heavy atom. The Morgan fingerprint density at radius 1 is 0.903 bits per heavy atom. The Balaban J connectivity index is 1.97. The van der Waals surface area contributed by atoms with Gasteiger partial charge in [0, 0.05) is 18.0 Å². The largest absolute Gasteiger partial charge is 0.465 e. The van der Waals surface area contributed by atoms with Crippen LogP contribution in [-0.2, 0) is 9.47 Å². The number of nitrogens with zero attached hydrogens (tertiary/aromatic N) is 4. The number of benzene rings is 2. The zero-order valence-corrected chi connectivity index (χ0v) is 17.3. The zero-order valence-electron chi connectivity index (χ0n) is 17.3. The van der Waals surface area contributed by atoms with Crippen LogP contribution in [0.15, 0.2) is 67.0 Å². The summed E-state index contributed by atoms with van der Waals surface area (Å²) in [6.45, 7) is 1.91.